The van der Waals surface area contributed by atoms with Gasteiger partial charge < -0.3 is 5.32 Å². The summed E-state index contributed by atoms with van der Waals surface area (Å²) in [5, 5.41) is 12.4. The van der Waals surface area contributed by atoms with Crippen LogP contribution in [0.25, 0.3) is 0 Å². The summed E-state index contributed by atoms with van der Waals surface area (Å²) < 4.78 is 0. The van der Waals surface area contributed by atoms with Gasteiger partial charge in [-0.2, -0.15) is 5.26 Å². The molecule has 0 radical (unpaired) electrons. The molecular weight excluding hydrogens is 262 g/mol. The van der Waals surface area contributed by atoms with Crippen LogP contribution in [0.15, 0.2) is 24.3 Å². The molecule has 1 heterocycles. The zero-order valence-electron chi connectivity index (χ0n) is 10.6. The van der Waals surface area contributed by atoms with Crippen LogP contribution in [0.5, 0.6) is 0 Å². The quantitative estimate of drug-likeness (QED) is 0.924. The van der Waals surface area contributed by atoms with Crippen molar-refractivity contribution >= 4 is 23.2 Å². The van der Waals surface area contributed by atoms with Gasteiger partial charge in [-0.05, 0) is 44.0 Å². The maximum Gasteiger partial charge on any atom is 0.238 e. The van der Waals surface area contributed by atoms with Crippen molar-refractivity contribution in [2.45, 2.75) is 25.3 Å². The van der Waals surface area contributed by atoms with Gasteiger partial charge in [-0.15, -0.1) is 0 Å². The zero-order valence-corrected chi connectivity index (χ0v) is 11.4. The van der Waals surface area contributed by atoms with E-state index in [2.05, 4.69) is 11.4 Å². The molecule has 1 amide bonds. The fraction of sp³-hybridized carbons (Fsp3) is 0.429. The largest absolute Gasteiger partial charge is 0.325 e. The fourth-order valence-corrected chi connectivity index (χ4v) is 2.47. The normalized spacial score (nSPS) is 19.7. The second-order valence-corrected chi connectivity index (χ2v) is 5.11. The topological polar surface area (TPSA) is 56.1 Å². The van der Waals surface area contributed by atoms with Gasteiger partial charge in [0.15, 0.2) is 0 Å². The van der Waals surface area contributed by atoms with Gasteiger partial charge in [0.1, 0.15) is 0 Å². The van der Waals surface area contributed by atoms with Gasteiger partial charge in [-0.1, -0.05) is 17.7 Å². The summed E-state index contributed by atoms with van der Waals surface area (Å²) in [5.74, 6) is -0.107. The average Bonchev–Trinajstić information content (AvgIpc) is 2.39. The molecule has 1 saturated heterocycles. The summed E-state index contributed by atoms with van der Waals surface area (Å²) in [7, 11) is 0. The van der Waals surface area contributed by atoms with Crippen LogP contribution in [-0.4, -0.2) is 29.9 Å². The maximum atomic E-state index is 11.9. The number of benzene rings is 1. The smallest absolute Gasteiger partial charge is 0.238 e. The number of carbonyl (C=O) groups is 1. The molecule has 1 unspecified atom stereocenters. The number of hydrogen-bond donors (Lipinski definition) is 1. The van der Waals surface area contributed by atoms with Crippen molar-refractivity contribution in [3.05, 3.63) is 29.3 Å². The minimum absolute atomic E-state index is 0.107. The van der Waals surface area contributed by atoms with Gasteiger partial charge in [-0.25, -0.2) is 0 Å². The average molecular weight is 278 g/mol. The highest BCUT2D eigenvalue weighted by molar-refractivity contribution is 6.30. The second-order valence-electron chi connectivity index (χ2n) is 4.67. The third kappa shape index (κ3) is 3.95. The number of piperidine rings is 1. The number of amides is 1. The molecule has 1 aliphatic rings. The maximum absolute atomic E-state index is 11.9. The SMILES string of the molecule is N#CC1CCCCN1CC(=O)Nc1cccc(Cl)c1. The minimum atomic E-state index is -0.140. The van der Waals surface area contributed by atoms with E-state index in [1.165, 1.54) is 0 Å². The number of likely N-dealkylation sites (tertiary alicyclic amines) is 1. The van der Waals surface area contributed by atoms with E-state index in [0.29, 0.717) is 10.7 Å². The first kappa shape index (κ1) is 13.9. The Labute approximate surface area is 118 Å². The standard InChI is InChI=1S/C14H16ClN3O/c15-11-4-3-5-12(8-11)17-14(19)10-18-7-2-1-6-13(18)9-16/h3-5,8,13H,1-2,6-7,10H2,(H,17,19). The monoisotopic (exact) mass is 277 g/mol. The summed E-state index contributed by atoms with van der Waals surface area (Å²) in [4.78, 5) is 13.9. The summed E-state index contributed by atoms with van der Waals surface area (Å²) in [6.07, 6.45) is 2.95. The molecule has 0 bridgehead atoms. The molecule has 1 aromatic carbocycles. The number of nitrogens with one attached hydrogen (secondary N) is 1. The van der Waals surface area contributed by atoms with Crippen LogP contribution in [0, 0.1) is 11.3 Å². The lowest BCUT2D eigenvalue weighted by Gasteiger charge is -2.30. The summed E-state index contributed by atoms with van der Waals surface area (Å²) in [6.45, 7) is 1.06. The first-order valence-electron chi connectivity index (χ1n) is 6.38. The Kier molecular flexibility index (Phi) is 4.78. The summed E-state index contributed by atoms with van der Waals surface area (Å²) in [5.41, 5.74) is 0.683. The molecule has 1 N–H and O–H groups in total. The first-order valence-corrected chi connectivity index (χ1v) is 6.76. The molecule has 19 heavy (non-hydrogen) atoms. The molecule has 100 valence electrons. The molecule has 1 atom stereocenters. The van der Waals surface area contributed by atoms with Crippen molar-refractivity contribution in [1.29, 1.82) is 5.26 Å². The van der Waals surface area contributed by atoms with Crippen LogP contribution in [0.3, 0.4) is 0 Å². The van der Waals surface area contributed by atoms with Crippen LogP contribution >= 0.6 is 11.6 Å². The van der Waals surface area contributed by atoms with Crippen molar-refractivity contribution in [2.75, 3.05) is 18.4 Å². The van der Waals surface area contributed by atoms with Crippen molar-refractivity contribution in [2.24, 2.45) is 0 Å². The third-order valence-electron chi connectivity index (χ3n) is 3.22. The molecule has 1 aliphatic heterocycles. The predicted octanol–water partition coefficient (Wildman–Crippen LogP) is 2.66. The molecule has 1 fully saturated rings. The lowest BCUT2D eigenvalue weighted by atomic mass is 10.0. The van der Waals surface area contributed by atoms with Gasteiger partial charge in [0, 0.05) is 10.7 Å². The van der Waals surface area contributed by atoms with Crippen LogP contribution in [0.1, 0.15) is 19.3 Å². The van der Waals surface area contributed by atoms with Crippen molar-refractivity contribution in [3.63, 3.8) is 0 Å². The first-order chi connectivity index (χ1) is 9.19. The fourth-order valence-electron chi connectivity index (χ4n) is 2.28. The predicted molar refractivity (Wildman–Crippen MR) is 74.9 cm³/mol. The molecule has 0 spiro atoms. The zero-order chi connectivity index (χ0) is 13.7. The van der Waals surface area contributed by atoms with Gasteiger partial charge in [0.05, 0.1) is 18.7 Å². The Morgan fingerprint density at radius 1 is 1.53 bits per heavy atom. The number of rotatable bonds is 3. The number of halogens is 1. The Morgan fingerprint density at radius 3 is 3.11 bits per heavy atom. The van der Waals surface area contributed by atoms with Crippen LogP contribution in [0.2, 0.25) is 5.02 Å². The Morgan fingerprint density at radius 2 is 2.37 bits per heavy atom. The van der Waals surface area contributed by atoms with E-state index >= 15 is 0 Å². The lowest BCUT2D eigenvalue weighted by molar-refractivity contribution is -0.117. The van der Waals surface area contributed by atoms with E-state index in [1.807, 2.05) is 4.90 Å². The van der Waals surface area contributed by atoms with Crippen molar-refractivity contribution in [3.8, 4) is 6.07 Å². The number of nitrogens with zero attached hydrogens (tertiary/aromatic N) is 2. The lowest BCUT2D eigenvalue weighted by Crippen LogP contribution is -2.43. The number of hydrogen-bond acceptors (Lipinski definition) is 3. The van der Waals surface area contributed by atoms with E-state index in [1.54, 1.807) is 24.3 Å². The molecule has 1 aromatic rings. The number of anilines is 1. The minimum Gasteiger partial charge on any atom is -0.325 e. The molecule has 0 aliphatic carbocycles. The van der Waals surface area contributed by atoms with Gasteiger partial charge in [0.25, 0.3) is 0 Å². The van der Waals surface area contributed by atoms with Crippen LogP contribution < -0.4 is 5.32 Å². The summed E-state index contributed by atoms with van der Waals surface area (Å²) in [6, 6.07) is 9.16. The molecule has 0 saturated carbocycles. The summed E-state index contributed by atoms with van der Waals surface area (Å²) >= 11 is 5.86. The van der Waals surface area contributed by atoms with Gasteiger partial charge >= 0.3 is 0 Å². The van der Waals surface area contributed by atoms with Gasteiger partial charge in [-0.3, -0.25) is 9.69 Å². The van der Waals surface area contributed by atoms with E-state index < -0.39 is 0 Å². The Balaban J connectivity index is 1.92. The highest BCUT2D eigenvalue weighted by atomic mass is 35.5. The highest BCUT2D eigenvalue weighted by Gasteiger charge is 2.23. The Hall–Kier alpha value is -1.57. The number of nitriles is 1. The van der Waals surface area contributed by atoms with Gasteiger partial charge in [0.2, 0.25) is 5.91 Å². The second kappa shape index (κ2) is 6.55. The molecular formula is C14H16ClN3O. The highest BCUT2D eigenvalue weighted by Crippen LogP contribution is 2.17. The number of carbonyl (C=O) groups excluding carboxylic acids is 1. The van der Waals surface area contributed by atoms with E-state index in [9.17, 15) is 4.79 Å². The Bertz CT molecular complexity index is 498. The molecule has 2 rings (SSSR count). The third-order valence-corrected chi connectivity index (χ3v) is 3.45. The van der Waals surface area contributed by atoms with Crippen LogP contribution in [-0.2, 0) is 4.79 Å². The van der Waals surface area contributed by atoms with Crippen molar-refractivity contribution < 1.29 is 4.79 Å². The van der Waals surface area contributed by atoms with E-state index in [0.717, 1.165) is 25.8 Å². The molecule has 4 nitrogen and oxygen atoms in total. The van der Waals surface area contributed by atoms with E-state index in [4.69, 9.17) is 16.9 Å². The van der Waals surface area contributed by atoms with E-state index in [-0.39, 0.29) is 18.5 Å². The van der Waals surface area contributed by atoms with Crippen LogP contribution in [0.4, 0.5) is 5.69 Å². The molecule has 5 heteroatoms. The molecule has 0 aromatic heterocycles. The van der Waals surface area contributed by atoms with Crippen molar-refractivity contribution in [1.82, 2.24) is 4.90 Å².